The van der Waals surface area contributed by atoms with Gasteiger partial charge in [0.25, 0.3) is 0 Å². The van der Waals surface area contributed by atoms with Crippen LogP contribution in [0.4, 0.5) is 0 Å². The number of ether oxygens (including phenoxy) is 2. The zero-order valence-electron chi connectivity index (χ0n) is 9.52. The van der Waals surface area contributed by atoms with E-state index in [-0.39, 0.29) is 29.7 Å². The summed E-state index contributed by atoms with van der Waals surface area (Å²) in [7, 11) is 4.93. The molecular weight excluding hydrogens is 188 g/mol. The van der Waals surface area contributed by atoms with E-state index in [2.05, 4.69) is 9.47 Å². The van der Waals surface area contributed by atoms with Gasteiger partial charge < -0.3 is 9.47 Å². The highest BCUT2D eigenvalue weighted by molar-refractivity contribution is 3.94. The Hall–Kier alpha value is -0.0800. The molecule has 0 fully saturated rings. The van der Waals surface area contributed by atoms with Gasteiger partial charge in [0.15, 0.2) is 0 Å². The lowest BCUT2D eigenvalue weighted by Gasteiger charge is -1.76. The monoisotopic (exact) mass is 230 g/mol. The zero-order chi connectivity index (χ0) is 10.1. The van der Waals surface area contributed by atoms with E-state index in [0.29, 0.717) is 0 Å². The van der Waals surface area contributed by atoms with Crippen molar-refractivity contribution >= 4 is 0 Å². The minimum Gasteiger partial charge on any atom is -0.388 e. The van der Waals surface area contributed by atoms with Gasteiger partial charge in [-0.3, -0.25) is 0 Å². The van der Waals surface area contributed by atoms with Crippen LogP contribution in [0.1, 0.15) is 64.3 Å². The summed E-state index contributed by atoms with van der Waals surface area (Å²) < 4.78 is 8.79. The molecule has 0 aromatic carbocycles. The second-order valence-corrected chi connectivity index (χ2v) is 0.986. The molecule has 0 aliphatic heterocycles. The highest BCUT2D eigenvalue weighted by Crippen LogP contribution is 1.52. The Labute approximate surface area is 102 Å². The maximum absolute atomic E-state index is 4.54. The summed E-state index contributed by atoms with van der Waals surface area (Å²) in [5, 5.41) is 0. The van der Waals surface area contributed by atoms with Crippen molar-refractivity contribution < 1.29 is 9.47 Å². The maximum atomic E-state index is 4.54. The van der Waals surface area contributed by atoms with E-state index in [1.807, 2.05) is 34.6 Å². The van der Waals surface area contributed by atoms with Crippen molar-refractivity contribution in [2.24, 2.45) is 0 Å². The predicted octanol–water partition coefficient (Wildman–Crippen LogP) is 5.51. The molecule has 0 atom stereocenters. The molecule has 106 valence electrons. The fraction of sp³-hybridized carbons (Fsp3) is 1.00. The molecule has 15 heavy (non-hydrogen) atoms. The van der Waals surface area contributed by atoms with Crippen molar-refractivity contribution in [2.45, 2.75) is 64.3 Å². The molecule has 0 radical (unpaired) electrons. The zero-order valence-corrected chi connectivity index (χ0v) is 9.52. The fourth-order valence-corrected chi connectivity index (χ4v) is 0. The predicted molar refractivity (Wildman–Crippen MR) is 80.1 cm³/mol. The Kier molecular flexibility index (Phi) is 1100. The van der Waals surface area contributed by atoms with E-state index < -0.39 is 0 Å². The average molecular weight is 230 g/mol. The third-order valence-corrected chi connectivity index (χ3v) is 0.289. The van der Waals surface area contributed by atoms with Crippen LogP contribution >= 0.6 is 0 Å². The summed E-state index contributed by atoms with van der Waals surface area (Å²) in [6.45, 7) is 10.8. The van der Waals surface area contributed by atoms with Crippen molar-refractivity contribution in [3.8, 4) is 0 Å². The molecule has 2 nitrogen and oxygen atoms in total. The maximum Gasteiger partial charge on any atom is 0.0433 e. The molecular formula is C13H42O2. The van der Waals surface area contributed by atoms with E-state index in [1.54, 1.807) is 21.3 Å². The van der Waals surface area contributed by atoms with Gasteiger partial charge in [-0.25, -0.2) is 0 Å². The molecule has 0 aliphatic rings. The molecule has 0 N–H and O–H groups in total. The van der Waals surface area contributed by atoms with Crippen molar-refractivity contribution in [3.05, 3.63) is 0 Å². The molecule has 0 spiro atoms. The summed E-state index contributed by atoms with van der Waals surface area (Å²) >= 11 is 0. The SMILES string of the molecule is C.C.C.C.CC.CC.CCOC.COC. The van der Waals surface area contributed by atoms with Gasteiger partial charge >= 0.3 is 0 Å². The van der Waals surface area contributed by atoms with E-state index >= 15 is 0 Å². The van der Waals surface area contributed by atoms with Gasteiger partial charge in [0.1, 0.15) is 0 Å². The van der Waals surface area contributed by atoms with Gasteiger partial charge in [0.05, 0.1) is 0 Å². The standard InChI is InChI=1S/C3H8O.C2H6O.2C2H6.4CH4/c1-3-4-2;1-3-2;2*1-2;;;;/h3H2,1-2H3;1-2H3;2*1-2H3;4*1H4. The van der Waals surface area contributed by atoms with Crippen LogP contribution < -0.4 is 0 Å². The summed E-state index contributed by atoms with van der Waals surface area (Å²) in [5.41, 5.74) is 0. The first-order valence-corrected chi connectivity index (χ1v) is 4.22. The lowest BCUT2D eigenvalue weighted by atomic mass is 10.9. The molecule has 0 amide bonds. The first-order valence-electron chi connectivity index (χ1n) is 4.22. The summed E-state index contributed by atoms with van der Waals surface area (Å²) in [5.74, 6) is 0. The van der Waals surface area contributed by atoms with Crippen molar-refractivity contribution in [2.75, 3.05) is 27.9 Å². The van der Waals surface area contributed by atoms with Crippen LogP contribution in [0.3, 0.4) is 0 Å². The first-order chi connectivity index (χ1) is 5.33. The normalized spacial score (nSPS) is 4.00. The van der Waals surface area contributed by atoms with Gasteiger partial charge in [-0.15, -0.1) is 0 Å². The van der Waals surface area contributed by atoms with Crippen LogP contribution in [-0.4, -0.2) is 27.9 Å². The van der Waals surface area contributed by atoms with Crippen molar-refractivity contribution in [3.63, 3.8) is 0 Å². The highest BCUT2D eigenvalue weighted by Gasteiger charge is 1.51. The second kappa shape index (κ2) is 273. The highest BCUT2D eigenvalue weighted by atomic mass is 16.5. The molecule has 0 saturated heterocycles. The average Bonchev–Trinajstić information content (AvgIpc) is 2.12. The molecule has 0 unspecified atom stereocenters. The van der Waals surface area contributed by atoms with Crippen LogP contribution in [0.5, 0.6) is 0 Å². The molecule has 2 heteroatoms. The largest absolute Gasteiger partial charge is 0.388 e. The minimum atomic E-state index is 0. The minimum absolute atomic E-state index is 0. The lowest BCUT2D eigenvalue weighted by molar-refractivity contribution is 0.215. The summed E-state index contributed by atoms with van der Waals surface area (Å²) in [6.07, 6.45) is 0. The van der Waals surface area contributed by atoms with E-state index in [1.165, 1.54) is 0 Å². The third-order valence-electron chi connectivity index (χ3n) is 0.289. The number of hydrogen-bond acceptors (Lipinski definition) is 2. The molecule has 0 bridgehead atoms. The number of hydrogen-bond donors (Lipinski definition) is 0. The number of methoxy groups -OCH3 is 2. The molecule has 0 rings (SSSR count). The van der Waals surface area contributed by atoms with E-state index in [4.69, 9.17) is 0 Å². The van der Waals surface area contributed by atoms with Gasteiger partial charge in [-0.1, -0.05) is 57.4 Å². The van der Waals surface area contributed by atoms with Crippen LogP contribution in [0, 0.1) is 0 Å². The smallest absolute Gasteiger partial charge is 0.0433 e. The van der Waals surface area contributed by atoms with Gasteiger partial charge in [0.2, 0.25) is 0 Å². The summed E-state index contributed by atoms with van der Waals surface area (Å²) in [4.78, 5) is 0. The molecule has 0 heterocycles. The molecule has 0 saturated carbocycles. The Morgan fingerprint density at radius 3 is 0.733 bits per heavy atom. The van der Waals surface area contributed by atoms with Crippen LogP contribution in [0.25, 0.3) is 0 Å². The second-order valence-electron chi connectivity index (χ2n) is 0.986. The van der Waals surface area contributed by atoms with Gasteiger partial charge in [-0.05, 0) is 6.92 Å². The molecule has 0 aromatic heterocycles. The summed E-state index contributed by atoms with van der Waals surface area (Å²) in [6, 6.07) is 0. The first kappa shape index (κ1) is 60.4. The van der Waals surface area contributed by atoms with Gasteiger partial charge in [-0.2, -0.15) is 0 Å². The third kappa shape index (κ3) is 2340. The van der Waals surface area contributed by atoms with Gasteiger partial charge in [0, 0.05) is 27.9 Å². The molecule has 0 aromatic rings. The van der Waals surface area contributed by atoms with Crippen molar-refractivity contribution in [1.29, 1.82) is 0 Å². The Morgan fingerprint density at radius 2 is 0.733 bits per heavy atom. The Morgan fingerprint density at radius 1 is 0.667 bits per heavy atom. The fourth-order valence-electron chi connectivity index (χ4n) is 0. The van der Waals surface area contributed by atoms with Crippen molar-refractivity contribution in [1.82, 2.24) is 0 Å². The quantitative estimate of drug-likeness (QED) is 0.591. The van der Waals surface area contributed by atoms with Crippen LogP contribution in [-0.2, 0) is 9.47 Å². The lowest BCUT2D eigenvalue weighted by Crippen LogP contribution is -1.73. The molecule has 0 aliphatic carbocycles. The van der Waals surface area contributed by atoms with Crippen LogP contribution in [0.15, 0.2) is 0 Å². The van der Waals surface area contributed by atoms with Crippen LogP contribution in [0.2, 0.25) is 0 Å². The Bertz CT molecular complexity index is 16.0. The van der Waals surface area contributed by atoms with E-state index in [9.17, 15) is 0 Å². The van der Waals surface area contributed by atoms with E-state index in [0.717, 1.165) is 6.61 Å². The Balaban J connectivity index is -0.00000000692. The topological polar surface area (TPSA) is 18.5 Å². The number of rotatable bonds is 1.